The van der Waals surface area contributed by atoms with Crippen molar-refractivity contribution in [2.45, 2.75) is 35.1 Å². The van der Waals surface area contributed by atoms with Crippen LogP contribution in [0.4, 0.5) is 0 Å². The number of thioether (sulfide) groups is 1. The highest BCUT2D eigenvalue weighted by molar-refractivity contribution is 7.99. The summed E-state index contributed by atoms with van der Waals surface area (Å²) in [5.74, 6) is -0.267. The van der Waals surface area contributed by atoms with Crippen molar-refractivity contribution in [3.8, 4) is 0 Å². The van der Waals surface area contributed by atoms with Gasteiger partial charge in [0.25, 0.3) is 0 Å². The highest BCUT2D eigenvalue weighted by Gasteiger charge is 2.43. The summed E-state index contributed by atoms with van der Waals surface area (Å²) in [6, 6.07) is 3.72. The maximum absolute atomic E-state index is 11.5. The Labute approximate surface area is 116 Å². The second kappa shape index (κ2) is 5.47. The summed E-state index contributed by atoms with van der Waals surface area (Å²) in [7, 11) is 1.79. The van der Waals surface area contributed by atoms with E-state index in [0.717, 1.165) is 24.3 Å². The number of halogens is 1. The van der Waals surface area contributed by atoms with Crippen molar-refractivity contribution in [3.05, 3.63) is 23.4 Å². The zero-order valence-electron chi connectivity index (χ0n) is 10.1. The number of pyridine rings is 1. The molecule has 2 rings (SSSR count). The monoisotopic (exact) mass is 285 g/mol. The molecule has 1 amide bonds. The molecule has 6 heteroatoms. The maximum Gasteiger partial charge on any atom is 0.237 e. The van der Waals surface area contributed by atoms with Crippen LogP contribution in [0.1, 0.15) is 19.3 Å². The fourth-order valence-corrected chi connectivity index (χ4v) is 3.59. The summed E-state index contributed by atoms with van der Waals surface area (Å²) in [6.45, 7) is 0. The number of nitrogens with zero attached hydrogens (tertiary/aromatic N) is 1. The van der Waals surface area contributed by atoms with Crippen LogP contribution in [0.2, 0.25) is 5.02 Å². The van der Waals surface area contributed by atoms with Crippen molar-refractivity contribution in [2.75, 3.05) is 7.05 Å². The van der Waals surface area contributed by atoms with Gasteiger partial charge < -0.3 is 11.1 Å². The topological polar surface area (TPSA) is 68.0 Å². The minimum atomic E-state index is -0.551. The molecule has 1 aliphatic rings. The number of aromatic nitrogens is 1. The molecule has 2 atom stereocenters. The fraction of sp³-hybridized carbons (Fsp3) is 0.500. The molecule has 1 aliphatic carbocycles. The van der Waals surface area contributed by atoms with E-state index in [9.17, 15) is 4.79 Å². The Balaban J connectivity index is 2.01. The van der Waals surface area contributed by atoms with Gasteiger partial charge in [-0.1, -0.05) is 11.6 Å². The number of nitrogens with one attached hydrogen (secondary N) is 1. The molecule has 0 radical (unpaired) electrons. The minimum absolute atomic E-state index is 0.267. The Kier molecular flexibility index (Phi) is 4.14. The predicted molar refractivity (Wildman–Crippen MR) is 73.7 cm³/mol. The Morgan fingerprint density at radius 3 is 2.94 bits per heavy atom. The molecule has 1 heterocycles. The summed E-state index contributed by atoms with van der Waals surface area (Å²) >= 11 is 7.47. The Bertz CT molecular complexity index is 439. The zero-order chi connectivity index (χ0) is 13.2. The third kappa shape index (κ3) is 2.79. The molecule has 0 saturated heterocycles. The number of hydrogen-bond acceptors (Lipinski definition) is 4. The molecular formula is C12H16ClN3OS. The molecule has 0 aromatic carbocycles. The number of carbonyl (C=O) groups is 1. The molecule has 18 heavy (non-hydrogen) atoms. The van der Waals surface area contributed by atoms with E-state index in [1.165, 1.54) is 0 Å². The van der Waals surface area contributed by atoms with Gasteiger partial charge in [0, 0.05) is 11.4 Å². The summed E-state index contributed by atoms with van der Waals surface area (Å²) in [4.78, 5) is 15.8. The summed E-state index contributed by atoms with van der Waals surface area (Å²) in [5.41, 5.74) is 4.92. The first-order valence-electron chi connectivity index (χ1n) is 5.83. The second-order valence-corrected chi connectivity index (χ2v) is 6.25. The van der Waals surface area contributed by atoms with Gasteiger partial charge in [-0.3, -0.25) is 4.79 Å². The molecule has 0 aliphatic heterocycles. The van der Waals surface area contributed by atoms with Crippen LogP contribution in [0.3, 0.4) is 0 Å². The SMILES string of the molecule is CNC1(C(N)=O)CCC(Sc2ccc(Cl)cn2)C1. The van der Waals surface area contributed by atoms with Gasteiger partial charge in [-0.25, -0.2) is 4.98 Å². The van der Waals surface area contributed by atoms with Crippen molar-refractivity contribution >= 4 is 29.3 Å². The Morgan fingerprint density at radius 1 is 1.67 bits per heavy atom. The molecule has 1 aromatic rings. The highest BCUT2D eigenvalue weighted by atomic mass is 35.5. The number of carbonyl (C=O) groups excluding carboxylic acids is 1. The largest absolute Gasteiger partial charge is 0.368 e. The lowest BCUT2D eigenvalue weighted by atomic mass is 9.97. The summed E-state index contributed by atoms with van der Waals surface area (Å²) in [5, 5.41) is 5.00. The van der Waals surface area contributed by atoms with E-state index in [4.69, 9.17) is 17.3 Å². The smallest absolute Gasteiger partial charge is 0.237 e. The van der Waals surface area contributed by atoms with Gasteiger partial charge >= 0.3 is 0 Å². The van der Waals surface area contributed by atoms with E-state index >= 15 is 0 Å². The number of nitrogens with two attached hydrogens (primary N) is 1. The van der Waals surface area contributed by atoms with Gasteiger partial charge in [-0.2, -0.15) is 0 Å². The molecule has 1 aromatic heterocycles. The third-order valence-electron chi connectivity index (χ3n) is 3.41. The molecule has 98 valence electrons. The lowest BCUT2D eigenvalue weighted by Gasteiger charge is -2.24. The Morgan fingerprint density at radius 2 is 2.44 bits per heavy atom. The quantitative estimate of drug-likeness (QED) is 0.885. The first-order valence-corrected chi connectivity index (χ1v) is 7.08. The van der Waals surface area contributed by atoms with Crippen molar-refractivity contribution in [1.29, 1.82) is 0 Å². The lowest BCUT2D eigenvalue weighted by molar-refractivity contribution is -0.124. The predicted octanol–water partition coefficient (Wildman–Crippen LogP) is 1.82. The van der Waals surface area contributed by atoms with E-state index in [0.29, 0.717) is 10.3 Å². The molecular weight excluding hydrogens is 270 g/mol. The summed E-state index contributed by atoms with van der Waals surface area (Å²) < 4.78 is 0. The van der Waals surface area contributed by atoms with E-state index in [1.807, 2.05) is 12.1 Å². The first kappa shape index (κ1) is 13.6. The van der Waals surface area contributed by atoms with Gasteiger partial charge in [0.15, 0.2) is 0 Å². The van der Waals surface area contributed by atoms with Gasteiger partial charge in [-0.05, 0) is 38.4 Å². The van der Waals surface area contributed by atoms with Crippen LogP contribution in [0.15, 0.2) is 23.4 Å². The fourth-order valence-electron chi connectivity index (χ4n) is 2.28. The van der Waals surface area contributed by atoms with Crippen LogP contribution in [-0.2, 0) is 4.79 Å². The number of likely N-dealkylation sites (N-methyl/N-ethyl adjacent to an activating group) is 1. The Hall–Kier alpha value is -0.780. The summed E-state index contributed by atoms with van der Waals surface area (Å²) in [6.07, 6.45) is 4.12. The van der Waals surface area contributed by atoms with Gasteiger partial charge in [0.1, 0.15) is 0 Å². The van der Waals surface area contributed by atoms with Crippen LogP contribution >= 0.6 is 23.4 Å². The first-order chi connectivity index (χ1) is 8.55. The highest BCUT2D eigenvalue weighted by Crippen LogP contribution is 2.39. The van der Waals surface area contributed by atoms with E-state index in [2.05, 4.69) is 10.3 Å². The molecule has 1 fully saturated rings. The van der Waals surface area contributed by atoms with Gasteiger partial charge in [0.2, 0.25) is 5.91 Å². The average Bonchev–Trinajstić information content (AvgIpc) is 2.77. The van der Waals surface area contributed by atoms with Crippen LogP contribution in [0.5, 0.6) is 0 Å². The number of hydrogen-bond donors (Lipinski definition) is 2. The van der Waals surface area contributed by atoms with Crippen molar-refractivity contribution in [1.82, 2.24) is 10.3 Å². The minimum Gasteiger partial charge on any atom is -0.368 e. The van der Waals surface area contributed by atoms with Gasteiger partial charge in [-0.15, -0.1) is 11.8 Å². The lowest BCUT2D eigenvalue weighted by Crippen LogP contribution is -2.52. The molecule has 3 N–H and O–H groups in total. The van der Waals surface area contributed by atoms with Crippen molar-refractivity contribution in [2.24, 2.45) is 5.73 Å². The molecule has 4 nitrogen and oxygen atoms in total. The zero-order valence-corrected chi connectivity index (χ0v) is 11.7. The third-order valence-corrected chi connectivity index (χ3v) is 4.85. The maximum atomic E-state index is 11.5. The van der Waals surface area contributed by atoms with Crippen LogP contribution in [0.25, 0.3) is 0 Å². The van der Waals surface area contributed by atoms with E-state index < -0.39 is 5.54 Å². The van der Waals surface area contributed by atoms with Crippen LogP contribution in [-0.4, -0.2) is 28.7 Å². The number of rotatable bonds is 4. The molecule has 2 unspecified atom stereocenters. The normalized spacial score (nSPS) is 27.3. The van der Waals surface area contributed by atoms with Crippen molar-refractivity contribution < 1.29 is 4.79 Å². The average molecular weight is 286 g/mol. The van der Waals surface area contributed by atoms with Crippen LogP contribution < -0.4 is 11.1 Å². The van der Waals surface area contributed by atoms with Crippen molar-refractivity contribution in [3.63, 3.8) is 0 Å². The van der Waals surface area contributed by atoms with Crippen LogP contribution in [0, 0.1) is 0 Å². The van der Waals surface area contributed by atoms with Gasteiger partial charge in [0.05, 0.1) is 15.6 Å². The molecule has 1 saturated carbocycles. The van der Waals surface area contributed by atoms with E-state index in [1.54, 1.807) is 25.0 Å². The number of primary amides is 1. The molecule has 0 spiro atoms. The van der Waals surface area contributed by atoms with E-state index in [-0.39, 0.29) is 5.91 Å². The number of amides is 1. The standard InChI is InChI=1S/C12H16ClN3OS/c1-15-12(11(14)17)5-4-9(6-12)18-10-3-2-8(13)7-16-10/h2-3,7,9,15H,4-6H2,1H3,(H2,14,17). The molecule has 0 bridgehead atoms. The second-order valence-electron chi connectivity index (χ2n) is 4.49.